The zero-order chi connectivity index (χ0) is 40.7. The van der Waals surface area contributed by atoms with Gasteiger partial charge in [0, 0.05) is 55.2 Å². The lowest BCUT2D eigenvalue weighted by Crippen LogP contribution is -2.14. The molecule has 0 atom stereocenters. The summed E-state index contributed by atoms with van der Waals surface area (Å²) in [6.45, 7) is 4.76. The van der Waals surface area contributed by atoms with Crippen LogP contribution < -0.4 is 0 Å². The molecule has 0 saturated heterocycles. The van der Waals surface area contributed by atoms with Gasteiger partial charge in [-0.25, -0.2) is 15.0 Å². The standard InChI is InChI=1S/C56H39N5/c1-56(2)47-27-14-12-26-44(47)52-51(56)46-34-45-43-25-13-15-28-48(43)60(49(45)35-50(46)61(52)41-23-10-5-11-24-41)42-31-29-36(30-32-42)39-21-16-22-40(33-39)55-58-53(37-17-6-3-7-18-37)57-54(59-55)38-19-8-4-9-20-38/h3-35H,1-2H3. The molecule has 5 heteroatoms. The van der Waals surface area contributed by atoms with Gasteiger partial charge >= 0.3 is 0 Å². The molecular weight excluding hydrogens is 743 g/mol. The van der Waals surface area contributed by atoms with Crippen LogP contribution in [0, 0.1) is 0 Å². The van der Waals surface area contributed by atoms with E-state index < -0.39 is 0 Å². The fourth-order valence-corrected chi connectivity index (χ4v) is 9.71. The number of fused-ring (bicyclic) bond motifs is 8. The van der Waals surface area contributed by atoms with Crippen LogP contribution in [-0.2, 0) is 5.41 Å². The first-order valence-electron chi connectivity index (χ1n) is 20.9. The highest BCUT2D eigenvalue weighted by atomic mass is 15.0. The Morgan fingerprint density at radius 2 is 0.902 bits per heavy atom. The Kier molecular flexibility index (Phi) is 7.81. The van der Waals surface area contributed by atoms with E-state index in [0.29, 0.717) is 17.5 Å². The molecule has 0 fully saturated rings. The minimum atomic E-state index is -0.152. The van der Waals surface area contributed by atoms with Crippen LogP contribution in [0.3, 0.4) is 0 Å². The van der Waals surface area contributed by atoms with Crippen molar-refractivity contribution < 1.29 is 0 Å². The largest absolute Gasteiger partial charge is 0.309 e. The summed E-state index contributed by atoms with van der Waals surface area (Å²) in [6.07, 6.45) is 0. The van der Waals surface area contributed by atoms with Gasteiger partial charge in [-0.3, -0.25) is 0 Å². The van der Waals surface area contributed by atoms with Crippen molar-refractivity contribution in [3.05, 3.63) is 211 Å². The Hall–Kier alpha value is -7.89. The molecular formula is C56H39N5. The van der Waals surface area contributed by atoms with Gasteiger partial charge in [0.15, 0.2) is 17.5 Å². The molecule has 11 aromatic rings. The van der Waals surface area contributed by atoms with Crippen molar-refractivity contribution in [1.82, 2.24) is 24.1 Å². The molecule has 0 radical (unpaired) electrons. The molecule has 288 valence electrons. The highest BCUT2D eigenvalue weighted by Gasteiger charge is 2.40. The van der Waals surface area contributed by atoms with E-state index >= 15 is 0 Å². The maximum atomic E-state index is 4.99. The fourth-order valence-electron chi connectivity index (χ4n) is 9.71. The lowest BCUT2D eigenvalue weighted by Gasteiger charge is -2.21. The Bertz CT molecular complexity index is 3410. The molecule has 0 unspecified atom stereocenters. The number of hydrogen-bond donors (Lipinski definition) is 0. The van der Waals surface area contributed by atoms with Crippen molar-refractivity contribution in [1.29, 1.82) is 0 Å². The van der Waals surface area contributed by atoms with Crippen LogP contribution in [0.15, 0.2) is 200 Å². The van der Waals surface area contributed by atoms with Crippen LogP contribution in [0.1, 0.15) is 25.0 Å². The summed E-state index contributed by atoms with van der Waals surface area (Å²) in [4.78, 5) is 14.9. The molecule has 1 aliphatic rings. The predicted octanol–water partition coefficient (Wildman–Crippen LogP) is 13.9. The van der Waals surface area contributed by atoms with E-state index in [1.54, 1.807) is 0 Å². The van der Waals surface area contributed by atoms with Crippen molar-refractivity contribution >= 4 is 32.7 Å². The van der Waals surface area contributed by atoms with Crippen LogP contribution in [-0.4, -0.2) is 24.1 Å². The molecule has 3 heterocycles. The van der Waals surface area contributed by atoms with Gasteiger partial charge in [-0.05, 0) is 70.8 Å². The van der Waals surface area contributed by atoms with Crippen molar-refractivity contribution in [2.24, 2.45) is 0 Å². The fraction of sp³-hybridized carbons (Fsp3) is 0.0536. The summed E-state index contributed by atoms with van der Waals surface area (Å²) >= 11 is 0. The van der Waals surface area contributed by atoms with E-state index in [4.69, 9.17) is 15.0 Å². The number of aromatic nitrogens is 5. The van der Waals surface area contributed by atoms with Gasteiger partial charge in [0.25, 0.3) is 0 Å². The Morgan fingerprint density at radius 3 is 1.61 bits per heavy atom. The number of benzene rings is 8. The second-order valence-corrected chi connectivity index (χ2v) is 16.5. The third kappa shape index (κ3) is 5.51. The Balaban J connectivity index is 0.995. The lowest BCUT2D eigenvalue weighted by atomic mass is 9.81. The molecule has 8 aromatic carbocycles. The first-order valence-corrected chi connectivity index (χ1v) is 20.9. The first kappa shape index (κ1) is 35.1. The predicted molar refractivity (Wildman–Crippen MR) is 250 cm³/mol. The lowest BCUT2D eigenvalue weighted by molar-refractivity contribution is 0.666. The monoisotopic (exact) mass is 781 g/mol. The van der Waals surface area contributed by atoms with E-state index in [2.05, 4.69) is 163 Å². The van der Waals surface area contributed by atoms with E-state index in [0.717, 1.165) is 33.5 Å². The summed E-state index contributed by atoms with van der Waals surface area (Å²) in [6, 6.07) is 71.2. The minimum absolute atomic E-state index is 0.152. The number of nitrogens with zero attached hydrogens (tertiary/aromatic N) is 5. The molecule has 5 nitrogen and oxygen atoms in total. The summed E-state index contributed by atoms with van der Waals surface area (Å²) in [5.41, 5.74) is 16.1. The van der Waals surface area contributed by atoms with Crippen LogP contribution in [0.4, 0.5) is 0 Å². The topological polar surface area (TPSA) is 48.5 Å². The summed E-state index contributed by atoms with van der Waals surface area (Å²) in [5.74, 6) is 1.94. The van der Waals surface area contributed by atoms with Crippen molar-refractivity contribution in [2.75, 3.05) is 0 Å². The third-order valence-electron chi connectivity index (χ3n) is 12.5. The van der Waals surface area contributed by atoms with Gasteiger partial charge in [0.2, 0.25) is 0 Å². The van der Waals surface area contributed by atoms with Crippen LogP contribution in [0.5, 0.6) is 0 Å². The third-order valence-corrected chi connectivity index (χ3v) is 12.5. The maximum Gasteiger partial charge on any atom is 0.164 e. The first-order chi connectivity index (χ1) is 30.0. The molecule has 0 spiro atoms. The Morgan fingerprint density at radius 1 is 0.361 bits per heavy atom. The summed E-state index contributed by atoms with van der Waals surface area (Å²) < 4.78 is 4.92. The van der Waals surface area contributed by atoms with Crippen LogP contribution >= 0.6 is 0 Å². The molecule has 0 N–H and O–H groups in total. The van der Waals surface area contributed by atoms with Gasteiger partial charge in [-0.2, -0.15) is 0 Å². The smallest absolute Gasteiger partial charge is 0.164 e. The highest BCUT2D eigenvalue weighted by Crippen LogP contribution is 2.54. The van der Waals surface area contributed by atoms with Gasteiger partial charge in [0.1, 0.15) is 0 Å². The zero-order valence-corrected chi connectivity index (χ0v) is 33.8. The molecule has 61 heavy (non-hydrogen) atoms. The van der Waals surface area contributed by atoms with E-state index in [9.17, 15) is 0 Å². The second kappa shape index (κ2) is 13.6. The molecule has 12 rings (SSSR count). The molecule has 0 amide bonds. The minimum Gasteiger partial charge on any atom is -0.309 e. The molecule has 0 aliphatic heterocycles. The van der Waals surface area contributed by atoms with Gasteiger partial charge in [-0.1, -0.05) is 166 Å². The maximum absolute atomic E-state index is 4.99. The van der Waals surface area contributed by atoms with Gasteiger partial charge in [-0.15, -0.1) is 0 Å². The summed E-state index contributed by atoms with van der Waals surface area (Å²) in [5, 5.41) is 3.80. The number of hydrogen-bond acceptors (Lipinski definition) is 3. The van der Waals surface area contributed by atoms with Gasteiger partial charge < -0.3 is 9.13 Å². The van der Waals surface area contributed by atoms with Crippen molar-refractivity contribution in [3.8, 4) is 67.9 Å². The quantitative estimate of drug-likeness (QED) is 0.169. The summed E-state index contributed by atoms with van der Waals surface area (Å²) in [7, 11) is 0. The SMILES string of the molecule is CC1(C)c2ccccc2-c2c1c1cc3c4ccccc4n(-c4ccc(-c5cccc(-c6nc(-c7ccccc7)nc(-c7ccccc7)n6)c5)cc4)c3cc1n2-c1ccccc1. The van der Waals surface area contributed by atoms with E-state index in [1.807, 2.05) is 60.7 Å². The zero-order valence-electron chi connectivity index (χ0n) is 33.8. The highest BCUT2D eigenvalue weighted by molar-refractivity contribution is 6.15. The molecule has 0 bridgehead atoms. The normalized spacial score (nSPS) is 12.9. The number of rotatable bonds is 6. The van der Waals surface area contributed by atoms with Gasteiger partial charge in [0.05, 0.1) is 22.2 Å². The average Bonchev–Trinajstić information content (AvgIpc) is 3.92. The number of para-hydroxylation sites is 2. The molecule has 3 aromatic heterocycles. The van der Waals surface area contributed by atoms with E-state index in [-0.39, 0.29) is 5.41 Å². The van der Waals surface area contributed by atoms with E-state index in [1.165, 1.54) is 60.8 Å². The van der Waals surface area contributed by atoms with Crippen LogP contribution in [0.25, 0.3) is 101 Å². The van der Waals surface area contributed by atoms with Crippen molar-refractivity contribution in [3.63, 3.8) is 0 Å². The van der Waals surface area contributed by atoms with Crippen LogP contribution in [0.2, 0.25) is 0 Å². The van der Waals surface area contributed by atoms with Crippen molar-refractivity contribution in [2.45, 2.75) is 19.3 Å². The Labute approximate surface area is 353 Å². The average molecular weight is 782 g/mol. The second-order valence-electron chi connectivity index (χ2n) is 16.5. The molecule has 0 saturated carbocycles. The molecule has 1 aliphatic carbocycles.